The molecule has 0 rings (SSSR count). The first-order valence-corrected chi connectivity index (χ1v) is 3.45. The molecule has 0 aliphatic heterocycles. The second-order valence-corrected chi connectivity index (χ2v) is 1.90. The van der Waals surface area contributed by atoms with Crippen LogP contribution in [0.1, 0.15) is 13.3 Å². The van der Waals surface area contributed by atoms with Gasteiger partial charge >= 0.3 is 0 Å². The van der Waals surface area contributed by atoms with E-state index in [9.17, 15) is 5.11 Å². The van der Waals surface area contributed by atoms with Crippen molar-refractivity contribution >= 4 is 5.71 Å². The van der Waals surface area contributed by atoms with Gasteiger partial charge in [-0.25, -0.2) is 0 Å². The van der Waals surface area contributed by atoms with Crippen LogP contribution in [0, 0.1) is 0 Å². The highest BCUT2D eigenvalue weighted by Crippen LogP contribution is 1.98. The zero-order chi connectivity index (χ0) is 8.69. The topological polar surface area (TPSA) is 32.6 Å². The quantitative estimate of drug-likeness (QED) is 0.374. The molecule has 11 heavy (non-hydrogen) atoms. The zero-order valence-electron chi connectivity index (χ0n) is 6.75. The summed E-state index contributed by atoms with van der Waals surface area (Å²) < 4.78 is 0. The van der Waals surface area contributed by atoms with Gasteiger partial charge in [0.1, 0.15) is 5.76 Å². The Hall–Kier alpha value is -1.31. The summed E-state index contributed by atoms with van der Waals surface area (Å²) in [5, 5.41) is 9.25. The molecule has 2 nitrogen and oxygen atoms in total. The van der Waals surface area contributed by atoms with Gasteiger partial charge in [0.25, 0.3) is 0 Å². The predicted molar refractivity (Wildman–Crippen MR) is 48.8 cm³/mol. The van der Waals surface area contributed by atoms with Crippen LogP contribution in [-0.4, -0.2) is 10.8 Å². The lowest BCUT2D eigenvalue weighted by Crippen LogP contribution is -1.99. The Morgan fingerprint density at radius 3 is 2.55 bits per heavy atom. The fraction of sp³-hybridized carbons (Fsp3) is 0.222. The van der Waals surface area contributed by atoms with E-state index in [1.807, 2.05) is 6.92 Å². The highest BCUT2D eigenvalue weighted by molar-refractivity contribution is 5.98. The van der Waals surface area contributed by atoms with Gasteiger partial charge in [0.05, 0.1) is 5.71 Å². The molecule has 0 aromatic carbocycles. The number of aliphatic hydroxyl groups excluding tert-OH is 1. The van der Waals surface area contributed by atoms with Crippen molar-refractivity contribution in [1.29, 1.82) is 0 Å². The minimum absolute atomic E-state index is 0.155. The monoisotopic (exact) mass is 151 g/mol. The van der Waals surface area contributed by atoms with Crippen molar-refractivity contribution in [3.63, 3.8) is 0 Å². The Balaban J connectivity index is 4.49. The largest absolute Gasteiger partial charge is 0.506 e. The van der Waals surface area contributed by atoms with E-state index in [4.69, 9.17) is 0 Å². The highest BCUT2D eigenvalue weighted by Gasteiger charge is 1.98. The molecule has 0 spiro atoms. The first kappa shape index (κ1) is 9.69. The van der Waals surface area contributed by atoms with Gasteiger partial charge in [-0.1, -0.05) is 26.2 Å². The average Bonchev–Trinajstić information content (AvgIpc) is 2.00. The SMILES string of the molecule is C=C/C=C(O)\C(CC)=N/C=C. The summed E-state index contributed by atoms with van der Waals surface area (Å²) in [5.74, 6) is 0.155. The van der Waals surface area contributed by atoms with Crippen molar-refractivity contribution in [2.24, 2.45) is 4.99 Å². The van der Waals surface area contributed by atoms with Gasteiger partial charge < -0.3 is 5.11 Å². The Labute approximate surface area is 67.3 Å². The third-order valence-electron chi connectivity index (χ3n) is 1.15. The Morgan fingerprint density at radius 1 is 1.55 bits per heavy atom. The lowest BCUT2D eigenvalue weighted by atomic mass is 10.2. The summed E-state index contributed by atoms with van der Waals surface area (Å²) in [6, 6.07) is 0. The van der Waals surface area contributed by atoms with Crippen LogP contribution in [0.5, 0.6) is 0 Å². The standard InChI is InChI=1S/C9H13NO/c1-4-7-9(11)8(5-2)10-6-3/h4,6-7,11H,1,3,5H2,2H3/b9-7+,10-8-. The Bertz CT molecular complexity index is 202. The molecule has 0 aliphatic carbocycles. The van der Waals surface area contributed by atoms with Gasteiger partial charge in [0, 0.05) is 6.20 Å². The van der Waals surface area contributed by atoms with Crippen LogP contribution in [0.25, 0.3) is 0 Å². The van der Waals surface area contributed by atoms with Crippen LogP contribution in [-0.2, 0) is 0 Å². The molecular weight excluding hydrogens is 138 g/mol. The lowest BCUT2D eigenvalue weighted by molar-refractivity contribution is 0.441. The summed E-state index contributed by atoms with van der Waals surface area (Å²) >= 11 is 0. The third kappa shape index (κ3) is 3.40. The van der Waals surface area contributed by atoms with Crippen LogP contribution in [0.4, 0.5) is 0 Å². The molecule has 0 radical (unpaired) electrons. The van der Waals surface area contributed by atoms with Gasteiger partial charge in [0.2, 0.25) is 0 Å². The maximum atomic E-state index is 9.25. The number of nitrogens with zero attached hydrogens (tertiary/aromatic N) is 1. The molecule has 0 saturated carbocycles. The van der Waals surface area contributed by atoms with E-state index >= 15 is 0 Å². The van der Waals surface area contributed by atoms with E-state index in [0.29, 0.717) is 12.1 Å². The van der Waals surface area contributed by atoms with Crippen LogP contribution >= 0.6 is 0 Å². The van der Waals surface area contributed by atoms with Crippen LogP contribution in [0.2, 0.25) is 0 Å². The number of hydrogen-bond donors (Lipinski definition) is 1. The maximum Gasteiger partial charge on any atom is 0.136 e. The normalized spacial score (nSPS) is 12.8. The van der Waals surface area contributed by atoms with Gasteiger partial charge in [-0.2, -0.15) is 0 Å². The van der Waals surface area contributed by atoms with Crippen molar-refractivity contribution in [1.82, 2.24) is 0 Å². The number of aliphatic hydroxyl groups is 1. The number of aliphatic imine (C=N–C) groups is 1. The van der Waals surface area contributed by atoms with E-state index in [-0.39, 0.29) is 5.76 Å². The first-order valence-electron chi connectivity index (χ1n) is 3.45. The molecule has 0 fully saturated rings. The van der Waals surface area contributed by atoms with E-state index in [2.05, 4.69) is 18.2 Å². The summed E-state index contributed by atoms with van der Waals surface area (Å²) in [5.41, 5.74) is 0.625. The third-order valence-corrected chi connectivity index (χ3v) is 1.15. The molecular formula is C9H13NO. The summed E-state index contributed by atoms with van der Waals surface area (Å²) in [4.78, 5) is 3.88. The van der Waals surface area contributed by atoms with E-state index < -0.39 is 0 Å². The molecule has 0 amide bonds. The number of rotatable bonds is 4. The maximum absolute atomic E-state index is 9.25. The van der Waals surface area contributed by atoms with Gasteiger partial charge in [-0.3, -0.25) is 4.99 Å². The van der Waals surface area contributed by atoms with Crippen molar-refractivity contribution in [3.05, 3.63) is 37.3 Å². The molecule has 1 N–H and O–H groups in total. The minimum atomic E-state index is 0.155. The molecule has 0 aliphatic rings. The zero-order valence-corrected chi connectivity index (χ0v) is 6.75. The lowest BCUT2D eigenvalue weighted by Gasteiger charge is -1.98. The van der Waals surface area contributed by atoms with Gasteiger partial charge in [-0.05, 0) is 12.5 Å². The Kier molecular flexibility index (Phi) is 4.82. The van der Waals surface area contributed by atoms with E-state index in [1.54, 1.807) is 0 Å². The molecule has 0 aromatic rings. The molecule has 2 heteroatoms. The number of hydrogen-bond acceptors (Lipinski definition) is 2. The molecule has 60 valence electrons. The van der Waals surface area contributed by atoms with Gasteiger partial charge in [-0.15, -0.1) is 0 Å². The summed E-state index contributed by atoms with van der Waals surface area (Å²) in [7, 11) is 0. The minimum Gasteiger partial charge on any atom is -0.506 e. The van der Waals surface area contributed by atoms with Crippen LogP contribution in [0.15, 0.2) is 42.3 Å². The molecule has 0 unspecified atom stereocenters. The fourth-order valence-corrected chi connectivity index (χ4v) is 0.657. The van der Waals surface area contributed by atoms with Gasteiger partial charge in [0.15, 0.2) is 0 Å². The van der Waals surface area contributed by atoms with Crippen LogP contribution < -0.4 is 0 Å². The average molecular weight is 151 g/mol. The van der Waals surface area contributed by atoms with Crippen molar-refractivity contribution < 1.29 is 5.11 Å². The predicted octanol–water partition coefficient (Wildman–Crippen LogP) is 2.61. The number of allylic oxidation sites excluding steroid dienone is 3. The van der Waals surface area contributed by atoms with E-state index in [0.717, 1.165) is 0 Å². The second-order valence-electron chi connectivity index (χ2n) is 1.90. The fourth-order valence-electron chi connectivity index (χ4n) is 0.657. The van der Waals surface area contributed by atoms with Crippen molar-refractivity contribution in [3.8, 4) is 0 Å². The van der Waals surface area contributed by atoms with E-state index in [1.165, 1.54) is 18.4 Å². The molecule has 0 bridgehead atoms. The second kappa shape index (κ2) is 5.47. The highest BCUT2D eigenvalue weighted by atomic mass is 16.3. The molecule has 0 saturated heterocycles. The summed E-state index contributed by atoms with van der Waals surface area (Å²) in [6.45, 7) is 8.81. The molecule has 0 aromatic heterocycles. The smallest absolute Gasteiger partial charge is 0.136 e. The van der Waals surface area contributed by atoms with Crippen molar-refractivity contribution in [2.75, 3.05) is 0 Å². The van der Waals surface area contributed by atoms with Crippen molar-refractivity contribution in [2.45, 2.75) is 13.3 Å². The Morgan fingerprint density at radius 2 is 2.18 bits per heavy atom. The first-order chi connectivity index (χ1) is 5.26. The molecule has 0 atom stereocenters. The summed E-state index contributed by atoms with van der Waals surface area (Å²) in [6.07, 6.45) is 5.11. The molecule has 0 heterocycles. The van der Waals surface area contributed by atoms with Crippen LogP contribution in [0.3, 0.4) is 0 Å².